The van der Waals surface area contributed by atoms with Crippen LogP contribution in [-0.2, 0) is 9.53 Å². The predicted octanol–water partition coefficient (Wildman–Crippen LogP) is 3.92. The number of benzene rings is 1. The van der Waals surface area contributed by atoms with E-state index in [0.29, 0.717) is 17.3 Å². The molecule has 2 aromatic rings. The summed E-state index contributed by atoms with van der Waals surface area (Å²) in [5.41, 5.74) is 7.22. The molecule has 1 aromatic heterocycles. The molecule has 8 nitrogen and oxygen atoms in total. The van der Waals surface area contributed by atoms with Crippen LogP contribution in [0.2, 0.25) is 0 Å². The van der Waals surface area contributed by atoms with Gasteiger partial charge in [0.25, 0.3) is 0 Å². The molecule has 1 aliphatic carbocycles. The number of ketones is 1. The summed E-state index contributed by atoms with van der Waals surface area (Å²) in [6, 6.07) is 5.52. The summed E-state index contributed by atoms with van der Waals surface area (Å²) in [5.74, 6) is 0.458. The molecule has 0 saturated heterocycles. The van der Waals surface area contributed by atoms with Gasteiger partial charge in [-0.05, 0) is 65.5 Å². The number of aromatic nitrogens is 2. The Morgan fingerprint density at radius 2 is 1.81 bits per heavy atom. The van der Waals surface area contributed by atoms with Gasteiger partial charge < -0.3 is 20.5 Å². The highest BCUT2D eigenvalue weighted by atomic mass is 16.6. The summed E-state index contributed by atoms with van der Waals surface area (Å²) >= 11 is 0. The van der Waals surface area contributed by atoms with Crippen LogP contribution in [0.15, 0.2) is 24.4 Å². The first-order valence-electron chi connectivity index (χ1n) is 10.9. The van der Waals surface area contributed by atoms with Crippen LogP contribution < -0.4 is 15.8 Å². The molecule has 8 heteroatoms. The van der Waals surface area contributed by atoms with Crippen molar-refractivity contribution in [1.29, 1.82) is 0 Å². The average Bonchev–Trinajstić information content (AvgIpc) is 2.72. The third kappa shape index (κ3) is 5.75. The number of nitrogen functional groups attached to an aromatic ring is 1. The van der Waals surface area contributed by atoms with Crippen LogP contribution in [0.1, 0.15) is 67.9 Å². The van der Waals surface area contributed by atoms with E-state index in [2.05, 4.69) is 15.3 Å². The molecule has 0 atom stereocenters. The van der Waals surface area contributed by atoms with Crippen molar-refractivity contribution >= 4 is 23.5 Å². The lowest BCUT2D eigenvalue weighted by Crippen LogP contribution is -2.34. The maximum Gasteiger partial charge on any atom is 0.309 e. The van der Waals surface area contributed by atoms with Crippen molar-refractivity contribution in [2.75, 3.05) is 18.2 Å². The number of rotatable bonds is 6. The number of nitrogens with two attached hydrogens (primary N) is 1. The molecule has 1 aromatic carbocycles. The topological polar surface area (TPSA) is 116 Å². The number of anilines is 2. The number of aryl methyl sites for hydroxylation is 1. The van der Waals surface area contributed by atoms with E-state index in [0.717, 1.165) is 31.2 Å². The van der Waals surface area contributed by atoms with Crippen LogP contribution in [0.4, 0.5) is 11.8 Å². The minimum Gasteiger partial charge on any atom is -0.496 e. The quantitative estimate of drug-likeness (QED) is 0.513. The molecule has 1 aliphatic rings. The van der Waals surface area contributed by atoms with E-state index in [1.807, 2.05) is 33.8 Å². The number of carbonyl (C=O) groups is 2. The van der Waals surface area contributed by atoms with Crippen molar-refractivity contribution in [2.45, 2.75) is 65.0 Å². The van der Waals surface area contributed by atoms with Crippen LogP contribution >= 0.6 is 0 Å². The molecule has 172 valence electrons. The third-order valence-electron chi connectivity index (χ3n) is 5.46. The minimum absolute atomic E-state index is 0.0810. The Morgan fingerprint density at radius 3 is 2.41 bits per heavy atom. The molecule has 0 amide bonds. The van der Waals surface area contributed by atoms with Gasteiger partial charge in [0.1, 0.15) is 17.2 Å². The van der Waals surface area contributed by atoms with Gasteiger partial charge in [-0.25, -0.2) is 4.98 Å². The van der Waals surface area contributed by atoms with Gasteiger partial charge >= 0.3 is 5.97 Å². The summed E-state index contributed by atoms with van der Waals surface area (Å²) < 4.78 is 10.8. The van der Waals surface area contributed by atoms with Crippen molar-refractivity contribution < 1.29 is 19.1 Å². The summed E-state index contributed by atoms with van der Waals surface area (Å²) in [5, 5.41) is 3.28. The van der Waals surface area contributed by atoms with E-state index in [-0.39, 0.29) is 35.1 Å². The Bertz CT molecular complexity index is 992. The number of hydrogen-bond acceptors (Lipinski definition) is 8. The molecule has 1 saturated carbocycles. The Balaban J connectivity index is 1.64. The monoisotopic (exact) mass is 440 g/mol. The first-order chi connectivity index (χ1) is 15.1. The first-order valence-corrected chi connectivity index (χ1v) is 10.9. The number of carbonyl (C=O) groups excluding carboxylic acids is 2. The molecule has 0 spiro atoms. The van der Waals surface area contributed by atoms with Crippen LogP contribution in [0.5, 0.6) is 5.75 Å². The molecule has 3 N–H and O–H groups in total. The van der Waals surface area contributed by atoms with Crippen LogP contribution in [-0.4, -0.2) is 40.5 Å². The number of ether oxygens (including phenoxy) is 2. The van der Waals surface area contributed by atoms with Crippen LogP contribution in [0.3, 0.4) is 0 Å². The van der Waals surface area contributed by atoms with Crippen molar-refractivity contribution in [3.63, 3.8) is 0 Å². The predicted molar refractivity (Wildman–Crippen MR) is 123 cm³/mol. The second-order valence-electron chi connectivity index (χ2n) is 9.25. The second-order valence-corrected chi connectivity index (χ2v) is 9.25. The van der Waals surface area contributed by atoms with Crippen molar-refractivity contribution in [3.8, 4) is 5.75 Å². The third-order valence-corrected chi connectivity index (χ3v) is 5.46. The fourth-order valence-electron chi connectivity index (χ4n) is 3.82. The van der Waals surface area contributed by atoms with Gasteiger partial charge in [0.05, 0.1) is 24.2 Å². The lowest BCUT2D eigenvalue weighted by molar-refractivity contribution is -0.161. The highest BCUT2D eigenvalue weighted by Gasteiger charge is 2.30. The standard InChI is InChI=1S/C24H32N4O4/c1-14-6-11-19(31-5)17(12-14)20(29)18-13-26-23(28-21(18)25)27-16-9-7-15(8-10-16)22(30)32-24(2,3)4/h6,11-13,15-16H,7-10H2,1-5H3,(H3,25,26,27,28). The van der Waals surface area contributed by atoms with Gasteiger partial charge in [-0.2, -0.15) is 4.98 Å². The molecule has 0 unspecified atom stereocenters. The van der Waals surface area contributed by atoms with Crippen LogP contribution in [0.25, 0.3) is 0 Å². The van der Waals surface area contributed by atoms with Gasteiger partial charge in [0, 0.05) is 12.2 Å². The van der Waals surface area contributed by atoms with E-state index in [4.69, 9.17) is 15.2 Å². The van der Waals surface area contributed by atoms with Gasteiger partial charge in [-0.1, -0.05) is 11.6 Å². The molecule has 1 heterocycles. The maximum absolute atomic E-state index is 13.0. The van der Waals surface area contributed by atoms with E-state index in [1.54, 1.807) is 12.1 Å². The van der Waals surface area contributed by atoms with Gasteiger partial charge in [-0.3, -0.25) is 9.59 Å². The lowest BCUT2D eigenvalue weighted by atomic mass is 9.86. The smallest absolute Gasteiger partial charge is 0.309 e. The van der Waals surface area contributed by atoms with Crippen molar-refractivity contribution in [2.24, 2.45) is 5.92 Å². The lowest BCUT2D eigenvalue weighted by Gasteiger charge is -2.30. The van der Waals surface area contributed by atoms with E-state index >= 15 is 0 Å². The number of nitrogens with one attached hydrogen (secondary N) is 1. The summed E-state index contributed by atoms with van der Waals surface area (Å²) in [6.45, 7) is 7.54. The van der Waals surface area contributed by atoms with Crippen molar-refractivity contribution in [3.05, 3.63) is 41.1 Å². The number of methoxy groups -OCH3 is 1. The zero-order chi connectivity index (χ0) is 23.5. The SMILES string of the molecule is COc1ccc(C)cc1C(=O)c1cnc(NC2CCC(C(=O)OC(C)(C)C)CC2)nc1N. The Kier molecular flexibility index (Phi) is 7.01. The Morgan fingerprint density at radius 1 is 1.12 bits per heavy atom. The fourth-order valence-corrected chi connectivity index (χ4v) is 3.82. The summed E-state index contributed by atoms with van der Waals surface area (Å²) in [6.07, 6.45) is 4.53. The highest BCUT2D eigenvalue weighted by molar-refractivity contribution is 6.13. The summed E-state index contributed by atoms with van der Waals surface area (Å²) in [4.78, 5) is 33.9. The van der Waals surface area contributed by atoms with E-state index in [9.17, 15) is 9.59 Å². The fraction of sp³-hybridized carbons (Fsp3) is 0.500. The average molecular weight is 441 g/mol. The molecule has 1 fully saturated rings. The molecular weight excluding hydrogens is 408 g/mol. The number of nitrogens with zero attached hydrogens (tertiary/aromatic N) is 2. The maximum atomic E-state index is 13.0. The zero-order valence-electron chi connectivity index (χ0n) is 19.4. The minimum atomic E-state index is -0.473. The zero-order valence-corrected chi connectivity index (χ0v) is 19.4. The summed E-state index contributed by atoms with van der Waals surface area (Å²) in [7, 11) is 1.52. The van der Waals surface area contributed by atoms with Crippen LogP contribution in [0, 0.1) is 12.8 Å². The number of esters is 1. The molecule has 32 heavy (non-hydrogen) atoms. The Labute approximate surface area is 188 Å². The number of hydrogen-bond donors (Lipinski definition) is 2. The molecule has 0 radical (unpaired) electrons. The van der Waals surface area contributed by atoms with E-state index in [1.165, 1.54) is 13.3 Å². The molecule has 0 bridgehead atoms. The van der Waals surface area contributed by atoms with Crippen molar-refractivity contribution in [1.82, 2.24) is 9.97 Å². The highest BCUT2D eigenvalue weighted by Crippen LogP contribution is 2.29. The van der Waals surface area contributed by atoms with Gasteiger partial charge in [-0.15, -0.1) is 0 Å². The van der Waals surface area contributed by atoms with Gasteiger partial charge in [0.2, 0.25) is 11.7 Å². The van der Waals surface area contributed by atoms with E-state index < -0.39 is 5.60 Å². The first kappa shape index (κ1) is 23.5. The molecular formula is C24H32N4O4. The molecule has 3 rings (SSSR count). The Hall–Kier alpha value is -3.16. The molecule has 0 aliphatic heterocycles. The largest absolute Gasteiger partial charge is 0.496 e. The second kappa shape index (κ2) is 9.54. The normalized spacial score (nSPS) is 18.7. The van der Waals surface area contributed by atoms with Gasteiger partial charge in [0.15, 0.2) is 0 Å².